The highest BCUT2D eigenvalue weighted by molar-refractivity contribution is 6.04. The Bertz CT molecular complexity index is 655. The van der Waals surface area contributed by atoms with Gasteiger partial charge in [0.1, 0.15) is 0 Å². The van der Waals surface area contributed by atoms with Gasteiger partial charge in [0.05, 0.1) is 5.56 Å². The second-order valence-electron chi connectivity index (χ2n) is 3.77. The van der Waals surface area contributed by atoms with E-state index in [1.165, 1.54) is 6.07 Å². The zero-order valence-electron chi connectivity index (χ0n) is 9.59. The second-order valence-corrected chi connectivity index (χ2v) is 3.77. The minimum absolute atomic E-state index is 0.0890. The number of aryl methyl sites for hydroxylation is 1. The first-order chi connectivity index (χ1) is 8.90. The van der Waals surface area contributed by atoms with Gasteiger partial charge in [0, 0.05) is 11.8 Å². The van der Waals surface area contributed by atoms with E-state index in [9.17, 15) is 18.0 Å². The number of aromatic amines is 1. The zero-order valence-corrected chi connectivity index (χ0v) is 9.59. The molecule has 19 heavy (non-hydrogen) atoms. The van der Waals surface area contributed by atoms with Crippen LogP contribution in [0, 0.1) is 24.4 Å². The molecule has 0 spiro atoms. The number of carbonyl (C=O) groups excluding carboxylic acids is 1. The maximum absolute atomic E-state index is 13.5. The first-order valence-electron chi connectivity index (χ1n) is 5.10. The van der Waals surface area contributed by atoms with E-state index in [1.807, 2.05) is 0 Å². The summed E-state index contributed by atoms with van der Waals surface area (Å²) < 4.78 is 39.3. The van der Waals surface area contributed by atoms with Crippen LogP contribution in [0.5, 0.6) is 5.75 Å². The first kappa shape index (κ1) is 12.9. The van der Waals surface area contributed by atoms with Gasteiger partial charge in [-0.05, 0) is 13.0 Å². The lowest BCUT2D eigenvalue weighted by Gasteiger charge is -2.06. The number of phenols is 1. The van der Waals surface area contributed by atoms with Gasteiger partial charge in [-0.15, -0.1) is 0 Å². The van der Waals surface area contributed by atoms with Crippen molar-refractivity contribution in [3.8, 4) is 5.75 Å². The fourth-order valence-corrected chi connectivity index (χ4v) is 1.42. The molecular formula is C11H8F3N3O2. The molecule has 1 heterocycles. The number of aromatic hydroxyl groups is 1. The predicted molar refractivity (Wildman–Crippen MR) is 59.3 cm³/mol. The Morgan fingerprint density at radius 2 is 2.00 bits per heavy atom. The van der Waals surface area contributed by atoms with Gasteiger partial charge in [0.2, 0.25) is 5.82 Å². The Balaban J connectivity index is 2.34. The van der Waals surface area contributed by atoms with Crippen molar-refractivity contribution >= 4 is 11.7 Å². The standard InChI is InChI=1S/C11H8F3N3O2/c1-4-2-7(17-16-4)15-11(19)5-3-6(12)9(14)10(18)8(5)13/h2-3,18H,1H3,(H2,15,16,17,19). The van der Waals surface area contributed by atoms with Crippen LogP contribution in [0.4, 0.5) is 19.0 Å². The van der Waals surface area contributed by atoms with E-state index >= 15 is 0 Å². The Labute approximate surface area is 105 Å². The van der Waals surface area contributed by atoms with E-state index in [0.29, 0.717) is 11.8 Å². The fraction of sp³-hybridized carbons (Fsp3) is 0.0909. The number of aromatic nitrogens is 2. The molecular weight excluding hydrogens is 263 g/mol. The zero-order chi connectivity index (χ0) is 14.2. The summed E-state index contributed by atoms with van der Waals surface area (Å²) in [7, 11) is 0. The van der Waals surface area contributed by atoms with Gasteiger partial charge in [-0.2, -0.15) is 9.49 Å². The lowest BCUT2D eigenvalue weighted by molar-refractivity contribution is 0.102. The maximum atomic E-state index is 13.5. The highest BCUT2D eigenvalue weighted by Gasteiger charge is 2.22. The summed E-state index contributed by atoms with van der Waals surface area (Å²) in [5, 5.41) is 17.4. The third kappa shape index (κ3) is 2.37. The Hall–Kier alpha value is -2.51. The number of amides is 1. The largest absolute Gasteiger partial charge is 0.503 e. The summed E-state index contributed by atoms with van der Waals surface area (Å²) in [6.07, 6.45) is 0. The van der Waals surface area contributed by atoms with Crippen molar-refractivity contribution < 1.29 is 23.1 Å². The lowest BCUT2D eigenvalue weighted by Crippen LogP contribution is -2.15. The van der Waals surface area contributed by atoms with Gasteiger partial charge in [0.25, 0.3) is 5.91 Å². The molecule has 0 aliphatic carbocycles. The molecule has 5 nitrogen and oxygen atoms in total. The highest BCUT2D eigenvalue weighted by Crippen LogP contribution is 2.26. The van der Waals surface area contributed by atoms with Crippen LogP contribution < -0.4 is 5.32 Å². The summed E-state index contributed by atoms with van der Waals surface area (Å²) in [6, 6.07) is 1.81. The second kappa shape index (κ2) is 4.63. The van der Waals surface area contributed by atoms with Crippen molar-refractivity contribution in [3.05, 3.63) is 40.8 Å². The van der Waals surface area contributed by atoms with Crippen molar-refractivity contribution in [1.29, 1.82) is 0 Å². The maximum Gasteiger partial charge on any atom is 0.260 e. The van der Waals surface area contributed by atoms with Crippen LogP contribution in [0.15, 0.2) is 12.1 Å². The van der Waals surface area contributed by atoms with Crippen molar-refractivity contribution in [3.63, 3.8) is 0 Å². The first-order valence-corrected chi connectivity index (χ1v) is 5.10. The molecule has 100 valence electrons. The van der Waals surface area contributed by atoms with E-state index in [-0.39, 0.29) is 5.82 Å². The molecule has 0 aliphatic heterocycles. The Kier molecular flexibility index (Phi) is 3.16. The van der Waals surface area contributed by atoms with Crippen molar-refractivity contribution in [2.45, 2.75) is 6.92 Å². The molecule has 0 aliphatic rings. The fourth-order valence-electron chi connectivity index (χ4n) is 1.42. The Morgan fingerprint density at radius 1 is 1.32 bits per heavy atom. The third-order valence-electron chi connectivity index (χ3n) is 2.33. The molecule has 1 aromatic carbocycles. The van der Waals surface area contributed by atoms with E-state index < -0.39 is 34.7 Å². The molecule has 3 N–H and O–H groups in total. The van der Waals surface area contributed by atoms with E-state index in [0.717, 1.165) is 0 Å². The molecule has 2 rings (SSSR count). The predicted octanol–water partition coefficient (Wildman–Crippen LogP) is 2.09. The summed E-state index contributed by atoms with van der Waals surface area (Å²) in [5.74, 6) is -7.32. The molecule has 0 bridgehead atoms. The summed E-state index contributed by atoms with van der Waals surface area (Å²) in [5.41, 5.74) is -0.180. The molecule has 0 radical (unpaired) electrons. The average molecular weight is 271 g/mol. The van der Waals surface area contributed by atoms with Crippen LogP contribution in [-0.4, -0.2) is 21.2 Å². The van der Waals surface area contributed by atoms with Gasteiger partial charge in [-0.3, -0.25) is 9.89 Å². The summed E-state index contributed by atoms with van der Waals surface area (Å²) in [6.45, 7) is 1.67. The number of carbonyl (C=O) groups is 1. The van der Waals surface area contributed by atoms with E-state index in [1.54, 1.807) is 6.92 Å². The molecule has 1 amide bonds. The number of phenolic OH excluding ortho intramolecular Hbond substituents is 1. The van der Waals surface area contributed by atoms with Crippen molar-refractivity contribution in [1.82, 2.24) is 10.2 Å². The number of rotatable bonds is 2. The molecule has 0 unspecified atom stereocenters. The average Bonchev–Trinajstić information content (AvgIpc) is 2.76. The van der Waals surface area contributed by atoms with Crippen LogP contribution in [0.25, 0.3) is 0 Å². The van der Waals surface area contributed by atoms with Crippen LogP contribution >= 0.6 is 0 Å². The van der Waals surface area contributed by atoms with Gasteiger partial charge in [0.15, 0.2) is 23.2 Å². The minimum Gasteiger partial charge on any atom is -0.503 e. The van der Waals surface area contributed by atoms with Crippen molar-refractivity contribution in [2.75, 3.05) is 5.32 Å². The molecule has 8 heteroatoms. The quantitative estimate of drug-likeness (QED) is 0.732. The van der Waals surface area contributed by atoms with Crippen LogP contribution in [0.2, 0.25) is 0 Å². The molecule has 0 fully saturated rings. The van der Waals surface area contributed by atoms with Gasteiger partial charge in [-0.1, -0.05) is 0 Å². The number of benzene rings is 1. The molecule has 0 saturated heterocycles. The summed E-state index contributed by atoms with van der Waals surface area (Å²) >= 11 is 0. The molecule has 0 atom stereocenters. The van der Waals surface area contributed by atoms with Crippen LogP contribution in [0.3, 0.4) is 0 Å². The minimum atomic E-state index is -1.75. The monoisotopic (exact) mass is 271 g/mol. The topological polar surface area (TPSA) is 78.0 Å². The number of anilines is 1. The van der Waals surface area contributed by atoms with E-state index in [4.69, 9.17) is 5.11 Å². The number of nitrogens with zero attached hydrogens (tertiary/aromatic N) is 1. The normalized spacial score (nSPS) is 10.5. The van der Waals surface area contributed by atoms with Crippen molar-refractivity contribution in [2.24, 2.45) is 0 Å². The smallest absolute Gasteiger partial charge is 0.260 e. The third-order valence-corrected chi connectivity index (χ3v) is 2.33. The van der Waals surface area contributed by atoms with Gasteiger partial charge in [-0.25, -0.2) is 8.78 Å². The van der Waals surface area contributed by atoms with Gasteiger partial charge < -0.3 is 10.4 Å². The lowest BCUT2D eigenvalue weighted by atomic mass is 10.1. The van der Waals surface area contributed by atoms with Crippen LogP contribution in [0.1, 0.15) is 16.1 Å². The van der Waals surface area contributed by atoms with Gasteiger partial charge >= 0.3 is 0 Å². The number of halogens is 3. The highest BCUT2D eigenvalue weighted by atomic mass is 19.2. The Morgan fingerprint density at radius 3 is 2.58 bits per heavy atom. The van der Waals surface area contributed by atoms with E-state index in [2.05, 4.69) is 15.5 Å². The number of hydrogen-bond acceptors (Lipinski definition) is 3. The summed E-state index contributed by atoms with van der Waals surface area (Å²) in [4.78, 5) is 11.7. The number of hydrogen-bond donors (Lipinski definition) is 3. The van der Waals surface area contributed by atoms with Crippen LogP contribution in [-0.2, 0) is 0 Å². The molecule has 1 aromatic heterocycles. The molecule has 2 aromatic rings. The number of H-pyrrole nitrogens is 1. The number of nitrogens with one attached hydrogen (secondary N) is 2. The molecule has 0 saturated carbocycles. The SMILES string of the molecule is Cc1cc(NC(=O)c2cc(F)c(F)c(O)c2F)n[nH]1.